The third-order valence-electron chi connectivity index (χ3n) is 4.56. The zero-order valence-corrected chi connectivity index (χ0v) is 18.3. The third kappa shape index (κ3) is 5.58. The number of aryl methyl sites for hydroxylation is 1. The Kier molecular flexibility index (Phi) is 7.13. The number of nitrogens with one attached hydrogen (secondary N) is 1. The fourth-order valence-electron chi connectivity index (χ4n) is 3.09. The summed E-state index contributed by atoms with van der Waals surface area (Å²) >= 11 is 3.36. The van der Waals surface area contributed by atoms with Gasteiger partial charge in [-0.3, -0.25) is 9.59 Å². The molecule has 0 atom stereocenters. The summed E-state index contributed by atoms with van der Waals surface area (Å²) in [5.74, 6) is 2.61. The molecule has 0 unspecified atom stereocenters. The van der Waals surface area contributed by atoms with Gasteiger partial charge in [-0.15, -0.1) is 11.3 Å². The molecule has 2 amide bonds. The van der Waals surface area contributed by atoms with E-state index < -0.39 is 0 Å². The molecule has 7 heteroatoms. The minimum absolute atomic E-state index is 0.125. The van der Waals surface area contributed by atoms with Crippen molar-refractivity contribution in [2.75, 3.05) is 29.9 Å². The van der Waals surface area contributed by atoms with Gasteiger partial charge in [0.15, 0.2) is 0 Å². The number of carbonyl (C=O) groups excluding carboxylic acids is 2. The second-order valence-electron chi connectivity index (χ2n) is 7.44. The van der Waals surface area contributed by atoms with E-state index in [4.69, 9.17) is 0 Å². The molecule has 1 saturated heterocycles. The number of rotatable bonds is 6. The van der Waals surface area contributed by atoms with E-state index in [0.29, 0.717) is 17.2 Å². The van der Waals surface area contributed by atoms with E-state index in [-0.39, 0.29) is 11.8 Å². The molecule has 0 spiro atoms. The Morgan fingerprint density at radius 3 is 2.50 bits per heavy atom. The number of carbonyl (C=O) groups is 2. The largest absolute Gasteiger partial charge is 0.341 e. The number of hydrogen-bond acceptors (Lipinski definition) is 5. The molecule has 1 N–H and O–H groups in total. The first-order valence-corrected chi connectivity index (χ1v) is 11.6. The van der Waals surface area contributed by atoms with Crippen molar-refractivity contribution < 1.29 is 9.59 Å². The molecular weight excluding hydrogens is 390 g/mol. The average molecular weight is 418 g/mol. The molecule has 1 aliphatic rings. The number of hydrogen-bond donors (Lipinski definition) is 1. The van der Waals surface area contributed by atoms with E-state index in [0.717, 1.165) is 53.0 Å². The average Bonchev–Trinajstić information content (AvgIpc) is 3.03. The summed E-state index contributed by atoms with van der Waals surface area (Å²) in [6, 6.07) is 7.54. The SMILES string of the molecule is Cc1nc(CC(C)C)sc1C(=O)Nc1ccc(CC(=O)N2CCSCC2)cc1. The number of nitrogens with zero attached hydrogens (tertiary/aromatic N) is 2. The van der Waals surface area contributed by atoms with E-state index in [1.165, 1.54) is 11.3 Å². The molecule has 0 bridgehead atoms. The van der Waals surface area contributed by atoms with Gasteiger partial charge in [-0.2, -0.15) is 11.8 Å². The fourth-order valence-corrected chi connectivity index (χ4v) is 5.17. The lowest BCUT2D eigenvalue weighted by Gasteiger charge is -2.26. The van der Waals surface area contributed by atoms with Gasteiger partial charge in [-0.25, -0.2) is 4.98 Å². The quantitative estimate of drug-likeness (QED) is 0.771. The molecule has 0 radical (unpaired) electrons. The smallest absolute Gasteiger partial charge is 0.267 e. The van der Waals surface area contributed by atoms with Crippen molar-refractivity contribution in [2.45, 2.75) is 33.6 Å². The standard InChI is InChI=1S/C21H27N3O2S2/c1-14(2)12-18-22-15(3)20(28-18)21(26)23-17-6-4-16(5-7-17)13-19(25)24-8-10-27-11-9-24/h4-7,14H,8-13H2,1-3H3,(H,23,26). The Balaban J connectivity index is 1.58. The van der Waals surface area contributed by atoms with Gasteiger partial charge < -0.3 is 10.2 Å². The lowest BCUT2D eigenvalue weighted by atomic mass is 10.1. The molecule has 3 rings (SSSR count). The highest BCUT2D eigenvalue weighted by Crippen LogP contribution is 2.22. The van der Waals surface area contributed by atoms with Crippen LogP contribution in [-0.4, -0.2) is 46.3 Å². The molecule has 28 heavy (non-hydrogen) atoms. The van der Waals surface area contributed by atoms with Crippen LogP contribution in [0.4, 0.5) is 5.69 Å². The predicted molar refractivity (Wildman–Crippen MR) is 117 cm³/mol. The van der Waals surface area contributed by atoms with Gasteiger partial charge in [0, 0.05) is 36.7 Å². The fraction of sp³-hybridized carbons (Fsp3) is 0.476. The minimum Gasteiger partial charge on any atom is -0.341 e. The zero-order valence-electron chi connectivity index (χ0n) is 16.7. The topological polar surface area (TPSA) is 62.3 Å². The van der Waals surface area contributed by atoms with E-state index in [9.17, 15) is 9.59 Å². The Hall–Kier alpha value is -1.86. The van der Waals surface area contributed by atoms with Crippen molar-refractivity contribution in [3.63, 3.8) is 0 Å². The van der Waals surface area contributed by atoms with Gasteiger partial charge in [-0.1, -0.05) is 26.0 Å². The summed E-state index contributed by atoms with van der Waals surface area (Å²) < 4.78 is 0. The normalized spacial score (nSPS) is 14.4. The highest BCUT2D eigenvalue weighted by atomic mass is 32.2. The predicted octanol–water partition coefficient (Wildman–Crippen LogP) is 4.02. The van der Waals surface area contributed by atoms with Crippen molar-refractivity contribution >= 4 is 40.6 Å². The van der Waals surface area contributed by atoms with E-state index in [1.54, 1.807) is 0 Å². The van der Waals surface area contributed by atoms with Crippen LogP contribution in [0.3, 0.4) is 0 Å². The number of thioether (sulfide) groups is 1. The molecule has 1 aromatic carbocycles. The monoisotopic (exact) mass is 417 g/mol. The molecule has 150 valence electrons. The van der Waals surface area contributed by atoms with Crippen molar-refractivity contribution in [1.82, 2.24) is 9.88 Å². The van der Waals surface area contributed by atoms with Crippen LogP contribution in [0.5, 0.6) is 0 Å². The van der Waals surface area contributed by atoms with Gasteiger partial charge in [0.1, 0.15) is 4.88 Å². The maximum Gasteiger partial charge on any atom is 0.267 e. The lowest BCUT2D eigenvalue weighted by molar-refractivity contribution is -0.130. The molecule has 2 heterocycles. The Bertz CT molecular complexity index is 825. The van der Waals surface area contributed by atoms with Crippen LogP contribution in [0.1, 0.15) is 39.8 Å². The molecule has 1 aliphatic heterocycles. The van der Waals surface area contributed by atoms with Crippen LogP contribution in [0, 0.1) is 12.8 Å². The Morgan fingerprint density at radius 1 is 1.18 bits per heavy atom. The van der Waals surface area contributed by atoms with Gasteiger partial charge in [0.25, 0.3) is 5.91 Å². The van der Waals surface area contributed by atoms with Crippen LogP contribution in [-0.2, 0) is 17.6 Å². The second-order valence-corrected chi connectivity index (χ2v) is 9.75. The van der Waals surface area contributed by atoms with Crippen molar-refractivity contribution in [1.29, 1.82) is 0 Å². The van der Waals surface area contributed by atoms with Crippen LogP contribution in [0.2, 0.25) is 0 Å². The van der Waals surface area contributed by atoms with Crippen LogP contribution < -0.4 is 5.32 Å². The molecule has 1 aromatic heterocycles. The van der Waals surface area contributed by atoms with Gasteiger partial charge in [0.05, 0.1) is 17.1 Å². The summed E-state index contributed by atoms with van der Waals surface area (Å²) in [6.07, 6.45) is 1.29. The summed E-state index contributed by atoms with van der Waals surface area (Å²) in [5.41, 5.74) is 2.48. The van der Waals surface area contributed by atoms with Gasteiger partial charge >= 0.3 is 0 Å². The molecular formula is C21H27N3O2S2. The van der Waals surface area contributed by atoms with Crippen molar-refractivity contribution in [3.05, 3.63) is 45.4 Å². The first-order valence-electron chi connectivity index (χ1n) is 9.64. The number of thiazole rings is 1. The van der Waals surface area contributed by atoms with Crippen LogP contribution >= 0.6 is 23.1 Å². The van der Waals surface area contributed by atoms with Crippen LogP contribution in [0.25, 0.3) is 0 Å². The highest BCUT2D eigenvalue weighted by Gasteiger charge is 2.18. The summed E-state index contributed by atoms with van der Waals surface area (Å²) in [4.78, 5) is 32.1. The second kappa shape index (κ2) is 9.56. The van der Waals surface area contributed by atoms with Gasteiger partial charge in [-0.05, 0) is 30.5 Å². The Labute approximate surface area is 174 Å². The summed E-state index contributed by atoms with van der Waals surface area (Å²) in [6.45, 7) is 7.85. The number of amides is 2. The van der Waals surface area contributed by atoms with E-state index in [2.05, 4.69) is 24.1 Å². The first-order chi connectivity index (χ1) is 13.4. The molecule has 0 aliphatic carbocycles. The molecule has 5 nitrogen and oxygen atoms in total. The zero-order chi connectivity index (χ0) is 20.1. The third-order valence-corrected chi connectivity index (χ3v) is 6.68. The van der Waals surface area contributed by atoms with Crippen molar-refractivity contribution in [2.24, 2.45) is 5.92 Å². The summed E-state index contributed by atoms with van der Waals surface area (Å²) in [7, 11) is 0. The maximum absolute atomic E-state index is 12.6. The lowest BCUT2D eigenvalue weighted by Crippen LogP contribution is -2.38. The maximum atomic E-state index is 12.6. The van der Waals surface area contributed by atoms with E-state index >= 15 is 0 Å². The highest BCUT2D eigenvalue weighted by molar-refractivity contribution is 7.99. The Morgan fingerprint density at radius 2 is 1.86 bits per heavy atom. The molecule has 0 saturated carbocycles. The van der Waals surface area contributed by atoms with E-state index in [1.807, 2.05) is 47.9 Å². The first kappa shape index (κ1) is 20.9. The van der Waals surface area contributed by atoms with Gasteiger partial charge in [0.2, 0.25) is 5.91 Å². The van der Waals surface area contributed by atoms with Crippen LogP contribution in [0.15, 0.2) is 24.3 Å². The van der Waals surface area contributed by atoms with Crippen molar-refractivity contribution in [3.8, 4) is 0 Å². The minimum atomic E-state index is -0.125. The molecule has 2 aromatic rings. The summed E-state index contributed by atoms with van der Waals surface area (Å²) in [5, 5.41) is 3.95. The number of benzene rings is 1. The molecule has 1 fully saturated rings. The number of aromatic nitrogens is 1. The number of anilines is 1.